The summed E-state index contributed by atoms with van der Waals surface area (Å²) in [7, 11) is 0. The lowest BCUT2D eigenvalue weighted by Crippen LogP contribution is -2.35. The number of halogens is 1. The lowest BCUT2D eigenvalue weighted by atomic mass is 10.1. The standard InChI is InChI=1S/C17H23BrN2O2/c1-11(2)9-20-10-13(8-16(20)21)17(22)19-12(3)14-6-4-5-7-15(14)18/h4-7,11-13H,8-10H2,1-3H3,(H,19,22)/t12-,13+/m1/s1. The first-order valence-corrected chi connectivity index (χ1v) is 8.50. The number of benzene rings is 1. The molecule has 0 aliphatic carbocycles. The Morgan fingerprint density at radius 3 is 2.68 bits per heavy atom. The van der Waals surface area contributed by atoms with Crippen molar-refractivity contribution < 1.29 is 9.59 Å². The number of hydrogen-bond acceptors (Lipinski definition) is 2. The van der Waals surface area contributed by atoms with Gasteiger partial charge in [-0.3, -0.25) is 9.59 Å². The van der Waals surface area contributed by atoms with Crippen molar-refractivity contribution in [3.63, 3.8) is 0 Å². The van der Waals surface area contributed by atoms with E-state index in [1.807, 2.05) is 31.2 Å². The second-order valence-corrected chi connectivity index (χ2v) is 7.20. The van der Waals surface area contributed by atoms with Gasteiger partial charge in [0.2, 0.25) is 11.8 Å². The van der Waals surface area contributed by atoms with E-state index in [0.717, 1.165) is 16.6 Å². The average Bonchev–Trinajstić information content (AvgIpc) is 2.80. The molecule has 22 heavy (non-hydrogen) atoms. The average molecular weight is 367 g/mol. The number of hydrogen-bond donors (Lipinski definition) is 1. The molecule has 1 aliphatic rings. The summed E-state index contributed by atoms with van der Waals surface area (Å²) in [5.41, 5.74) is 1.04. The molecule has 1 saturated heterocycles. The molecule has 1 aliphatic heterocycles. The summed E-state index contributed by atoms with van der Waals surface area (Å²) in [5.74, 6) is 0.228. The van der Waals surface area contributed by atoms with Gasteiger partial charge in [-0.1, -0.05) is 48.0 Å². The fraction of sp³-hybridized carbons (Fsp3) is 0.529. The Labute approximate surface area is 140 Å². The largest absolute Gasteiger partial charge is 0.349 e. The zero-order valence-corrected chi connectivity index (χ0v) is 14.9. The van der Waals surface area contributed by atoms with Crippen LogP contribution in [-0.2, 0) is 9.59 Å². The van der Waals surface area contributed by atoms with Crippen LogP contribution in [0.15, 0.2) is 28.7 Å². The third-order valence-corrected chi connectivity index (χ3v) is 4.62. The van der Waals surface area contributed by atoms with Gasteiger partial charge in [-0.2, -0.15) is 0 Å². The van der Waals surface area contributed by atoms with Crippen molar-refractivity contribution in [3.8, 4) is 0 Å². The van der Waals surface area contributed by atoms with Crippen LogP contribution in [-0.4, -0.2) is 29.8 Å². The fourth-order valence-electron chi connectivity index (χ4n) is 2.80. The molecule has 0 saturated carbocycles. The lowest BCUT2D eigenvalue weighted by Gasteiger charge is -2.20. The second kappa shape index (κ2) is 7.27. The van der Waals surface area contributed by atoms with Gasteiger partial charge in [0.1, 0.15) is 0 Å². The summed E-state index contributed by atoms with van der Waals surface area (Å²) in [6.07, 6.45) is 0.321. The van der Waals surface area contributed by atoms with Gasteiger partial charge in [0.05, 0.1) is 12.0 Å². The monoisotopic (exact) mass is 366 g/mol. The Morgan fingerprint density at radius 2 is 2.05 bits per heavy atom. The summed E-state index contributed by atoms with van der Waals surface area (Å²) < 4.78 is 0.978. The maximum absolute atomic E-state index is 12.4. The van der Waals surface area contributed by atoms with Gasteiger partial charge >= 0.3 is 0 Å². The quantitative estimate of drug-likeness (QED) is 0.869. The van der Waals surface area contributed by atoms with Gasteiger partial charge in [-0.25, -0.2) is 0 Å². The minimum absolute atomic E-state index is 0.0390. The van der Waals surface area contributed by atoms with Crippen molar-refractivity contribution in [2.24, 2.45) is 11.8 Å². The molecule has 120 valence electrons. The molecule has 0 radical (unpaired) electrons. The number of rotatable bonds is 5. The van der Waals surface area contributed by atoms with Gasteiger partial charge < -0.3 is 10.2 Å². The molecule has 4 nitrogen and oxygen atoms in total. The maximum Gasteiger partial charge on any atom is 0.225 e. The highest BCUT2D eigenvalue weighted by molar-refractivity contribution is 9.10. The first kappa shape index (κ1) is 17.0. The Kier molecular flexibility index (Phi) is 5.62. The Hall–Kier alpha value is -1.36. The van der Waals surface area contributed by atoms with E-state index in [1.54, 1.807) is 4.90 Å². The molecule has 2 rings (SSSR count). The highest BCUT2D eigenvalue weighted by Crippen LogP contribution is 2.24. The van der Waals surface area contributed by atoms with Crippen molar-refractivity contribution >= 4 is 27.7 Å². The Balaban J connectivity index is 1.96. The van der Waals surface area contributed by atoms with Crippen LogP contribution in [0.3, 0.4) is 0 Å². The smallest absolute Gasteiger partial charge is 0.225 e. The van der Waals surface area contributed by atoms with E-state index in [2.05, 4.69) is 35.1 Å². The van der Waals surface area contributed by atoms with Crippen LogP contribution in [0.4, 0.5) is 0 Å². The first-order chi connectivity index (χ1) is 10.4. The molecule has 0 bridgehead atoms. The fourth-order valence-corrected chi connectivity index (χ4v) is 3.43. The number of amides is 2. The van der Waals surface area contributed by atoms with Gasteiger partial charge in [-0.05, 0) is 24.5 Å². The molecular weight excluding hydrogens is 344 g/mol. The van der Waals surface area contributed by atoms with Crippen LogP contribution in [0.2, 0.25) is 0 Å². The van der Waals surface area contributed by atoms with E-state index in [-0.39, 0.29) is 23.8 Å². The van der Waals surface area contributed by atoms with E-state index < -0.39 is 0 Å². The molecule has 0 spiro atoms. The van der Waals surface area contributed by atoms with Crippen molar-refractivity contribution in [3.05, 3.63) is 34.3 Å². The number of likely N-dealkylation sites (tertiary alicyclic amines) is 1. The molecule has 2 atom stereocenters. The highest BCUT2D eigenvalue weighted by atomic mass is 79.9. The second-order valence-electron chi connectivity index (χ2n) is 6.35. The minimum Gasteiger partial charge on any atom is -0.349 e. The molecular formula is C17H23BrN2O2. The van der Waals surface area contributed by atoms with E-state index in [4.69, 9.17) is 0 Å². The first-order valence-electron chi connectivity index (χ1n) is 7.71. The van der Waals surface area contributed by atoms with Crippen molar-refractivity contribution in [2.45, 2.75) is 33.2 Å². The van der Waals surface area contributed by atoms with Gasteiger partial charge in [-0.15, -0.1) is 0 Å². The van der Waals surface area contributed by atoms with Crippen LogP contribution < -0.4 is 5.32 Å². The normalized spacial score (nSPS) is 19.6. The maximum atomic E-state index is 12.4. The van der Waals surface area contributed by atoms with Crippen molar-refractivity contribution in [2.75, 3.05) is 13.1 Å². The summed E-state index contributed by atoms with van der Waals surface area (Å²) in [6.45, 7) is 7.37. The minimum atomic E-state index is -0.240. The molecule has 5 heteroatoms. The van der Waals surface area contributed by atoms with Crippen molar-refractivity contribution in [1.82, 2.24) is 10.2 Å². The predicted molar refractivity (Wildman–Crippen MR) is 90.2 cm³/mol. The number of nitrogens with one attached hydrogen (secondary N) is 1. The van der Waals surface area contributed by atoms with E-state index in [0.29, 0.717) is 18.9 Å². The third-order valence-electron chi connectivity index (χ3n) is 3.90. The van der Waals surface area contributed by atoms with Gasteiger partial charge in [0, 0.05) is 24.0 Å². The van der Waals surface area contributed by atoms with Crippen LogP contribution >= 0.6 is 15.9 Å². The zero-order chi connectivity index (χ0) is 16.3. The Bertz CT molecular complexity index is 559. The topological polar surface area (TPSA) is 49.4 Å². The van der Waals surface area contributed by atoms with Gasteiger partial charge in [0.15, 0.2) is 0 Å². The van der Waals surface area contributed by atoms with Crippen LogP contribution in [0.1, 0.15) is 38.8 Å². The lowest BCUT2D eigenvalue weighted by molar-refractivity contribution is -0.129. The van der Waals surface area contributed by atoms with Crippen LogP contribution in [0.25, 0.3) is 0 Å². The van der Waals surface area contributed by atoms with E-state index in [1.165, 1.54) is 0 Å². The van der Waals surface area contributed by atoms with Crippen molar-refractivity contribution in [1.29, 1.82) is 0 Å². The Morgan fingerprint density at radius 1 is 1.36 bits per heavy atom. The van der Waals surface area contributed by atoms with Crippen LogP contribution in [0.5, 0.6) is 0 Å². The SMILES string of the molecule is CC(C)CN1C[C@@H](C(=O)N[C@H](C)c2ccccc2Br)CC1=O. The van der Waals surface area contributed by atoms with Gasteiger partial charge in [0.25, 0.3) is 0 Å². The molecule has 2 amide bonds. The number of nitrogens with zero attached hydrogens (tertiary/aromatic N) is 1. The van der Waals surface area contributed by atoms with Crippen LogP contribution in [0, 0.1) is 11.8 Å². The predicted octanol–water partition coefficient (Wildman–Crippen LogP) is 3.13. The molecule has 1 heterocycles. The highest BCUT2D eigenvalue weighted by Gasteiger charge is 2.34. The zero-order valence-electron chi connectivity index (χ0n) is 13.3. The molecule has 1 aromatic rings. The number of carbonyl (C=O) groups is 2. The molecule has 1 fully saturated rings. The molecule has 1 N–H and O–H groups in total. The summed E-state index contributed by atoms with van der Waals surface area (Å²) >= 11 is 3.50. The third kappa shape index (κ3) is 4.09. The van der Waals surface area contributed by atoms with E-state index in [9.17, 15) is 9.59 Å². The van der Waals surface area contributed by atoms with E-state index >= 15 is 0 Å². The summed E-state index contributed by atoms with van der Waals surface area (Å²) in [5, 5.41) is 3.03. The summed E-state index contributed by atoms with van der Waals surface area (Å²) in [4.78, 5) is 26.2. The summed E-state index contributed by atoms with van der Waals surface area (Å²) in [6, 6.07) is 7.76. The molecule has 0 aromatic heterocycles. The molecule has 0 unspecified atom stereocenters. The number of carbonyl (C=O) groups excluding carboxylic acids is 2. The molecule has 1 aromatic carbocycles.